The number of ether oxygens (including phenoxy) is 2. The van der Waals surface area contributed by atoms with Crippen molar-refractivity contribution in [1.82, 2.24) is 4.98 Å². The quantitative estimate of drug-likeness (QED) is 0.476. The lowest BCUT2D eigenvalue weighted by atomic mass is 10.1. The monoisotopic (exact) mass is 299 g/mol. The lowest BCUT2D eigenvalue weighted by molar-refractivity contribution is -0.275. The van der Waals surface area contributed by atoms with E-state index in [4.69, 9.17) is 0 Å². The van der Waals surface area contributed by atoms with Gasteiger partial charge in [0.15, 0.2) is 0 Å². The lowest BCUT2D eigenvalue weighted by Gasteiger charge is -2.15. The summed E-state index contributed by atoms with van der Waals surface area (Å²) in [5.74, 6) is -3.39. The molecule has 0 spiro atoms. The molecule has 0 unspecified atom stereocenters. The highest BCUT2D eigenvalue weighted by Crippen LogP contribution is 2.32. The molecule has 0 aliphatic rings. The number of pyridine rings is 1. The first-order valence-electron chi connectivity index (χ1n) is 5.42. The summed E-state index contributed by atoms with van der Waals surface area (Å²) in [5.41, 5.74) is -1.40. The van der Waals surface area contributed by atoms with Gasteiger partial charge in [0.05, 0.1) is 18.6 Å². The Morgan fingerprint density at radius 3 is 2.55 bits per heavy atom. The maximum Gasteiger partial charge on any atom is 0.573 e. The number of nitrogens with zero attached hydrogens (tertiary/aromatic N) is 1. The van der Waals surface area contributed by atoms with Crippen molar-refractivity contribution in [3.05, 3.63) is 23.3 Å². The Bertz CT molecular complexity index is 490. The number of alkyl halides is 4. The molecule has 0 N–H and O–H groups in total. The van der Waals surface area contributed by atoms with Crippen LogP contribution in [0.1, 0.15) is 18.1 Å². The molecular weight excluding hydrogens is 289 g/mol. The van der Waals surface area contributed by atoms with E-state index < -0.39 is 48.3 Å². The van der Waals surface area contributed by atoms with Crippen LogP contribution < -0.4 is 4.74 Å². The van der Waals surface area contributed by atoms with Gasteiger partial charge in [-0.3, -0.25) is 4.79 Å². The Hall–Kier alpha value is -1.93. The predicted molar refractivity (Wildman–Crippen MR) is 56.0 cm³/mol. The Morgan fingerprint density at radius 1 is 1.40 bits per heavy atom. The second-order valence-electron chi connectivity index (χ2n) is 3.55. The number of halogens is 5. The van der Waals surface area contributed by atoms with Gasteiger partial charge in [-0.1, -0.05) is 0 Å². The number of hydrogen-bond acceptors (Lipinski definition) is 4. The van der Waals surface area contributed by atoms with Crippen molar-refractivity contribution < 1.29 is 36.2 Å². The van der Waals surface area contributed by atoms with E-state index in [1.807, 2.05) is 0 Å². The minimum Gasteiger partial charge on any atom is -0.466 e. The number of carbonyl (C=O) groups is 1. The van der Waals surface area contributed by atoms with E-state index in [1.54, 1.807) is 0 Å². The first kappa shape index (κ1) is 16.1. The molecular formula is C11H10F5NO3. The third-order valence-corrected chi connectivity index (χ3v) is 2.14. The van der Waals surface area contributed by atoms with Gasteiger partial charge in [0.1, 0.15) is 12.4 Å². The summed E-state index contributed by atoms with van der Waals surface area (Å²) in [7, 11) is 0. The Labute approximate surface area is 110 Å². The fourth-order valence-corrected chi connectivity index (χ4v) is 1.41. The number of esters is 1. The van der Waals surface area contributed by atoms with Crippen LogP contribution in [0.15, 0.2) is 6.20 Å². The van der Waals surface area contributed by atoms with Gasteiger partial charge < -0.3 is 9.47 Å². The van der Waals surface area contributed by atoms with Crippen LogP contribution in [0.3, 0.4) is 0 Å². The first-order chi connectivity index (χ1) is 9.28. The summed E-state index contributed by atoms with van der Waals surface area (Å²) in [6.45, 7) is -0.0409. The molecule has 0 fully saturated rings. The van der Waals surface area contributed by atoms with Gasteiger partial charge in [0, 0.05) is 11.8 Å². The summed E-state index contributed by atoms with van der Waals surface area (Å²) < 4.78 is 70.7. The van der Waals surface area contributed by atoms with E-state index in [-0.39, 0.29) is 6.61 Å². The van der Waals surface area contributed by atoms with Crippen molar-refractivity contribution >= 4 is 5.97 Å². The molecule has 1 heterocycles. The van der Waals surface area contributed by atoms with E-state index >= 15 is 0 Å². The molecule has 9 heteroatoms. The number of aromatic nitrogens is 1. The van der Waals surface area contributed by atoms with Crippen LogP contribution in [0.4, 0.5) is 22.0 Å². The Kier molecular flexibility index (Phi) is 5.23. The molecule has 0 saturated heterocycles. The van der Waals surface area contributed by atoms with Gasteiger partial charge in [-0.25, -0.2) is 9.37 Å². The van der Waals surface area contributed by atoms with E-state index in [1.165, 1.54) is 6.92 Å². The fraction of sp³-hybridized carbons (Fsp3) is 0.455. The van der Waals surface area contributed by atoms with Crippen LogP contribution in [-0.2, 0) is 22.6 Å². The summed E-state index contributed by atoms with van der Waals surface area (Å²) in [6.07, 6.45) is -5.12. The third kappa shape index (κ3) is 4.32. The SMILES string of the molecule is CCOC(=O)Cc1cnc(F)c(CF)c1OC(F)(F)F. The van der Waals surface area contributed by atoms with E-state index in [0.29, 0.717) is 6.20 Å². The second kappa shape index (κ2) is 6.49. The molecule has 0 aliphatic heterocycles. The van der Waals surface area contributed by atoms with Gasteiger partial charge in [-0.15, -0.1) is 13.2 Å². The van der Waals surface area contributed by atoms with Crippen molar-refractivity contribution in [2.75, 3.05) is 6.61 Å². The summed E-state index contributed by atoms with van der Waals surface area (Å²) in [6, 6.07) is 0. The van der Waals surface area contributed by atoms with Gasteiger partial charge in [0.25, 0.3) is 0 Å². The van der Waals surface area contributed by atoms with E-state index in [2.05, 4.69) is 14.5 Å². The zero-order valence-corrected chi connectivity index (χ0v) is 10.3. The first-order valence-corrected chi connectivity index (χ1v) is 5.42. The number of carbonyl (C=O) groups excluding carboxylic acids is 1. The summed E-state index contributed by atoms with van der Waals surface area (Å²) >= 11 is 0. The smallest absolute Gasteiger partial charge is 0.466 e. The highest BCUT2D eigenvalue weighted by atomic mass is 19.4. The van der Waals surface area contributed by atoms with Crippen molar-refractivity contribution in [3.8, 4) is 5.75 Å². The summed E-state index contributed by atoms with van der Waals surface area (Å²) in [5, 5.41) is 0. The molecule has 0 aromatic carbocycles. The van der Waals surface area contributed by atoms with Crippen molar-refractivity contribution in [2.24, 2.45) is 0 Å². The molecule has 4 nitrogen and oxygen atoms in total. The average Bonchev–Trinajstić information content (AvgIpc) is 2.31. The van der Waals surface area contributed by atoms with Gasteiger partial charge in [0.2, 0.25) is 5.95 Å². The average molecular weight is 299 g/mol. The number of hydrogen-bond donors (Lipinski definition) is 0. The van der Waals surface area contributed by atoms with Crippen LogP contribution in [-0.4, -0.2) is 23.9 Å². The largest absolute Gasteiger partial charge is 0.573 e. The van der Waals surface area contributed by atoms with Crippen molar-refractivity contribution in [3.63, 3.8) is 0 Å². The maximum atomic E-state index is 13.2. The van der Waals surface area contributed by atoms with Crippen LogP contribution in [0, 0.1) is 5.95 Å². The second-order valence-corrected chi connectivity index (χ2v) is 3.55. The minimum atomic E-state index is -5.15. The molecule has 0 aliphatic carbocycles. The Balaban J connectivity index is 3.18. The van der Waals surface area contributed by atoms with Crippen LogP contribution in [0.25, 0.3) is 0 Å². The molecule has 20 heavy (non-hydrogen) atoms. The van der Waals surface area contributed by atoms with Gasteiger partial charge in [-0.2, -0.15) is 4.39 Å². The van der Waals surface area contributed by atoms with Crippen LogP contribution in [0.5, 0.6) is 5.75 Å². The fourth-order valence-electron chi connectivity index (χ4n) is 1.41. The molecule has 0 radical (unpaired) electrons. The predicted octanol–water partition coefficient (Wildman–Crippen LogP) is 2.69. The zero-order valence-electron chi connectivity index (χ0n) is 10.3. The highest BCUT2D eigenvalue weighted by molar-refractivity contribution is 5.73. The van der Waals surface area contributed by atoms with Crippen molar-refractivity contribution in [1.29, 1.82) is 0 Å². The number of rotatable bonds is 5. The molecule has 1 aromatic rings. The summed E-state index contributed by atoms with van der Waals surface area (Å²) in [4.78, 5) is 14.3. The molecule has 0 saturated carbocycles. The normalized spacial score (nSPS) is 11.3. The molecule has 0 amide bonds. The molecule has 1 aromatic heterocycles. The molecule has 0 atom stereocenters. The van der Waals surface area contributed by atoms with Crippen LogP contribution >= 0.6 is 0 Å². The third-order valence-electron chi connectivity index (χ3n) is 2.14. The van der Waals surface area contributed by atoms with Crippen LogP contribution in [0.2, 0.25) is 0 Å². The zero-order chi connectivity index (χ0) is 15.3. The molecule has 1 rings (SSSR count). The van der Waals surface area contributed by atoms with Crippen molar-refractivity contribution in [2.45, 2.75) is 26.4 Å². The van der Waals surface area contributed by atoms with E-state index in [9.17, 15) is 26.7 Å². The van der Waals surface area contributed by atoms with Gasteiger partial charge >= 0.3 is 12.3 Å². The Morgan fingerprint density at radius 2 is 2.05 bits per heavy atom. The standard InChI is InChI=1S/C11H10F5NO3/c1-2-19-8(18)3-6-5-17-10(13)7(4-12)9(6)20-11(14,15)16/h5H,2-4H2,1H3. The van der Waals surface area contributed by atoms with E-state index in [0.717, 1.165) is 0 Å². The minimum absolute atomic E-state index is 0.0128. The molecule has 0 bridgehead atoms. The highest BCUT2D eigenvalue weighted by Gasteiger charge is 2.34. The lowest BCUT2D eigenvalue weighted by Crippen LogP contribution is -2.21. The topological polar surface area (TPSA) is 48.4 Å². The molecule has 112 valence electrons. The maximum absolute atomic E-state index is 13.2. The van der Waals surface area contributed by atoms with Gasteiger partial charge in [-0.05, 0) is 6.92 Å².